The molecule has 0 amide bonds. The minimum absolute atomic E-state index is 0.323. The van der Waals surface area contributed by atoms with Crippen molar-refractivity contribution in [3.8, 4) is 16.3 Å². The van der Waals surface area contributed by atoms with Gasteiger partial charge in [-0.3, -0.25) is 0 Å². The molecule has 0 aliphatic heterocycles. The monoisotopic (exact) mass is 298 g/mol. The summed E-state index contributed by atoms with van der Waals surface area (Å²) in [4.78, 5) is 13.0. The Morgan fingerprint density at radius 1 is 1.24 bits per heavy atom. The molecule has 2 aromatic heterocycles. The Morgan fingerprint density at radius 2 is 2.05 bits per heavy atom. The summed E-state index contributed by atoms with van der Waals surface area (Å²) in [5, 5.41) is 6.41. The van der Waals surface area contributed by atoms with Crippen molar-refractivity contribution in [1.29, 1.82) is 0 Å². The molecule has 3 aromatic rings. The van der Waals surface area contributed by atoms with Crippen LogP contribution in [0.1, 0.15) is 17.4 Å². The Hall–Kier alpha value is -2.40. The average Bonchev–Trinajstić information content (AvgIpc) is 3.17. The number of carbonyl (C=O) groups excluding carboxylic acids is 1. The third kappa shape index (κ3) is 2.73. The zero-order valence-corrected chi connectivity index (χ0v) is 12.3. The number of hydrogen-bond donors (Lipinski definition) is 0. The van der Waals surface area contributed by atoms with Crippen molar-refractivity contribution >= 4 is 17.3 Å². The zero-order chi connectivity index (χ0) is 14.7. The third-order valence-corrected chi connectivity index (χ3v) is 3.86. The second kappa shape index (κ2) is 5.93. The van der Waals surface area contributed by atoms with Crippen molar-refractivity contribution in [2.45, 2.75) is 6.92 Å². The molecule has 106 valence electrons. The lowest BCUT2D eigenvalue weighted by Gasteiger charge is -2.05. The van der Waals surface area contributed by atoms with E-state index in [0.29, 0.717) is 12.3 Å². The van der Waals surface area contributed by atoms with Crippen molar-refractivity contribution in [1.82, 2.24) is 9.78 Å². The van der Waals surface area contributed by atoms with Crippen LogP contribution >= 0.6 is 11.3 Å². The Kier molecular flexibility index (Phi) is 3.83. The standard InChI is InChI=1S/C16H14N2O2S/c1-2-20-16(19)13-11-14(15-9-6-10-21-15)18(17-13)12-7-4-3-5-8-12/h3-11H,2H2,1H3. The van der Waals surface area contributed by atoms with Crippen molar-refractivity contribution in [3.05, 3.63) is 59.6 Å². The molecular weight excluding hydrogens is 284 g/mol. The molecule has 0 saturated carbocycles. The predicted molar refractivity (Wildman–Crippen MR) is 82.8 cm³/mol. The molecule has 1 aromatic carbocycles. The largest absolute Gasteiger partial charge is 0.461 e. The normalized spacial score (nSPS) is 10.5. The maximum atomic E-state index is 11.9. The molecule has 0 fully saturated rings. The number of thiophene rings is 1. The lowest BCUT2D eigenvalue weighted by atomic mass is 10.3. The Morgan fingerprint density at radius 3 is 2.71 bits per heavy atom. The highest BCUT2D eigenvalue weighted by Gasteiger charge is 2.17. The Balaban J connectivity index is 2.11. The first-order chi connectivity index (χ1) is 10.3. The van der Waals surface area contributed by atoms with E-state index in [1.165, 1.54) is 0 Å². The molecule has 2 heterocycles. The maximum absolute atomic E-state index is 11.9. The van der Waals surface area contributed by atoms with Crippen LogP contribution in [0.15, 0.2) is 53.9 Å². The molecular formula is C16H14N2O2S. The summed E-state index contributed by atoms with van der Waals surface area (Å²) < 4.78 is 6.81. The second-order valence-electron chi connectivity index (χ2n) is 4.36. The number of benzene rings is 1. The van der Waals surface area contributed by atoms with E-state index in [4.69, 9.17) is 4.74 Å². The van der Waals surface area contributed by atoms with E-state index in [-0.39, 0.29) is 0 Å². The fraction of sp³-hybridized carbons (Fsp3) is 0.125. The summed E-state index contributed by atoms with van der Waals surface area (Å²) in [6, 6.07) is 15.5. The molecule has 0 bridgehead atoms. The van der Waals surface area contributed by atoms with Crippen LogP contribution in [0.5, 0.6) is 0 Å². The molecule has 0 spiro atoms. The quantitative estimate of drug-likeness (QED) is 0.689. The van der Waals surface area contributed by atoms with E-state index in [1.807, 2.05) is 47.8 Å². The molecule has 0 unspecified atom stereocenters. The average molecular weight is 298 g/mol. The van der Waals surface area contributed by atoms with Gasteiger partial charge in [-0.25, -0.2) is 9.48 Å². The number of nitrogens with zero attached hydrogens (tertiary/aromatic N) is 2. The molecule has 0 radical (unpaired) electrons. The van der Waals surface area contributed by atoms with Crippen LogP contribution in [-0.4, -0.2) is 22.4 Å². The predicted octanol–water partition coefficient (Wildman–Crippen LogP) is 3.78. The fourth-order valence-corrected chi connectivity index (χ4v) is 2.78. The van der Waals surface area contributed by atoms with Crippen LogP contribution in [-0.2, 0) is 4.74 Å². The Labute approximate surface area is 126 Å². The highest BCUT2D eigenvalue weighted by Crippen LogP contribution is 2.28. The van der Waals surface area contributed by atoms with Crippen molar-refractivity contribution in [2.24, 2.45) is 0 Å². The molecule has 0 atom stereocenters. The summed E-state index contributed by atoms with van der Waals surface area (Å²) >= 11 is 1.61. The maximum Gasteiger partial charge on any atom is 0.358 e. The highest BCUT2D eigenvalue weighted by molar-refractivity contribution is 7.13. The van der Waals surface area contributed by atoms with Gasteiger partial charge in [0.2, 0.25) is 0 Å². The lowest BCUT2D eigenvalue weighted by molar-refractivity contribution is 0.0519. The van der Waals surface area contributed by atoms with Crippen LogP contribution in [0.4, 0.5) is 0 Å². The van der Waals surface area contributed by atoms with Crippen LogP contribution < -0.4 is 0 Å². The number of ether oxygens (including phenoxy) is 1. The van der Waals surface area contributed by atoms with Gasteiger partial charge in [0.1, 0.15) is 0 Å². The van der Waals surface area contributed by atoms with Crippen LogP contribution in [0.3, 0.4) is 0 Å². The molecule has 3 rings (SSSR count). The number of esters is 1. The second-order valence-corrected chi connectivity index (χ2v) is 5.31. The van der Waals surface area contributed by atoms with Gasteiger partial charge < -0.3 is 4.74 Å². The first-order valence-electron chi connectivity index (χ1n) is 6.66. The van der Waals surface area contributed by atoms with Gasteiger partial charge in [-0.2, -0.15) is 5.10 Å². The zero-order valence-electron chi connectivity index (χ0n) is 11.5. The van der Waals surface area contributed by atoms with E-state index < -0.39 is 5.97 Å². The first-order valence-corrected chi connectivity index (χ1v) is 7.54. The van der Waals surface area contributed by atoms with Crippen molar-refractivity contribution in [2.75, 3.05) is 6.61 Å². The fourth-order valence-electron chi connectivity index (χ4n) is 2.05. The highest BCUT2D eigenvalue weighted by atomic mass is 32.1. The first kappa shape index (κ1) is 13.6. The molecule has 0 aliphatic carbocycles. The number of aromatic nitrogens is 2. The smallest absolute Gasteiger partial charge is 0.358 e. The van der Waals surface area contributed by atoms with E-state index in [0.717, 1.165) is 16.3 Å². The number of hydrogen-bond acceptors (Lipinski definition) is 4. The molecule has 4 nitrogen and oxygen atoms in total. The summed E-state index contributed by atoms with van der Waals surface area (Å²) in [5.41, 5.74) is 2.12. The van der Waals surface area contributed by atoms with Gasteiger partial charge in [0.25, 0.3) is 0 Å². The molecule has 5 heteroatoms. The number of para-hydroxylation sites is 1. The van der Waals surface area contributed by atoms with E-state index in [1.54, 1.807) is 29.0 Å². The number of rotatable bonds is 4. The minimum atomic E-state index is -0.398. The van der Waals surface area contributed by atoms with Gasteiger partial charge in [0.05, 0.1) is 22.9 Å². The van der Waals surface area contributed by atoms with Gasteiger partial charge in [0, 0.05) is 6.07 Å². The van der Waals surface area contributed by atoms with Crippen LogP contribution in [0, 0.1) is 0 Å². The van der Waals surface area contributed by atoms with E-state index in [9.17, 15) is 4.79 Å². The summed E-state index contributed by atoms with van der Waals surface area (Å²) in [6.07, 6.45) is 0. The van der Waals surface area contributed by atoms with Crippen LogP contribution in [0.2, 0.25) is 0 Å². The molecule has 21 heavy (non-hydrogen) atoms. The lowest BCUT2D eigenvalue weighted by Crippen LogP contribution is -2.06. The van der Waals surface area contributed by atoms with E-state index in [2.05, 4.69) is 5.10 Å². The van der Waals surface area contributed by atoms with Gasteiger partial charge in [0.15, 0.2) is 5.69 Å². The SMILES string of the molecule is CCOC(=O)c1cc(-c2cccs2)n(-c2ccccc2)n1. The van der Waals surface area contributed by atoms with E-state index >= 15 is 0 Å². The molecule has 0 aliphatic rings. The summed E-state index contributed by atoms with van der Waals surface area (Å²) in [6.45, 7) is 2.12. The van der Waals surface area contributed by atoms with Gasteiger partial charge in [-0.1, -0.05) is 24.3 Å². The summed E-state index contributed by atoms with van der Waals surface area (Å²) in [7, 11) is 0. The Bertz CT molecular complexity index is 733. The molecule has 0 saturated heterocycles. The summed E-state index contributed by atoms with van der Waals surface area (Å²) in [5.74, 6) is -0.398. The number of carbonyl (C=O) groups is 1. The topological polar surface area (TPSA) is 44.1 Å². The molecule has 0 N–H and O–H groups in total. The third-order valence-electron chi connectivity index (χ3n) is 2.97. The minimum Gasteiger partial charge on any atom is -0.461 e. The van der Waals surface area contributed by atoms with Crippen LogP contribution in [0.25, 0.3) is 16.3 Å². The van der Waals surface area contributed by atoms with Crippen molar-refractivity contribution < 1.29 is 9.53 Å². The van der Waals surface area contributed by atoms with Gasteiger partial charge in [-0.05, 0) is 30.5 Å². The van der Waals surface area contributed by atoms with Gasteiger partial charge in [-0.15, -0.1) is 11.3 Å². The van der Waals surface area contributed by atoms with Gasteiger partial charge >= 0.3 is 5.97 Å². The van der Waals surface area contributed by atoms with Crippen molar-refractivity contribution in [3.63, 3.8) is 0 Å².